The highest BCUT2D eigenvalue weighted by Gasteiger charge is 2.14. The van der Waals surface area contributed by atoms with E-state index < -0.39 is 5.97 Å². The number of carboxylic acids is 1. The zero-order valence-electron chi connectivity index (χ0n) is 11.2. The molecule has 0 unspecified atom stereocenters. The number of aromatic carboxylic acids is 1. The summed E-state index contributed by atoms with van der Waals surface area (Å²) in [5.74, 6) is 0.173. The summed E-state index contributed by atoms with van der Waals surface area (Å²) in [4.78, 5) is 10.9. The monoisotopic (exact) mass is 260 g/mol. The third-order valence-corrected chi connectivity index (χ3v) is 2.74. The fourth-order valence-electron chi connectivity index (χ4n) is 2.00. The van der Waals surface area contributed by atoms with Crippen molar-refractivity contribution in [1.82, 2.24) is 0 Å². The molecule has 19 heavy (non-hydrogen) atoms. The molecule has 4 heteroatoms. The molecule has 1 aromatic carbocycles. The van der Waals surface area contributed by atoms with Crippen LogP contribution in [0.4, 0.5) is 0 Å². The number of hydrogen-bond donors (Lipinski definition) is 1. The summed E-state index contributed by atoms with van der Waals surface area (Å²) in [6.45, 7) is 5.92. The fraction of sp³-hybridized carbons (Fsp3) is 0.267. The topological polar surface area (TPSA) is 59.7 Å². The van der Waals surface area contributed by atoms with Gasteiger partial charge in [-0.3, -0.25) is 0 Å². The predicted octanol–water partition coefficient (Wildman–Crippen LogP) is 3.48. The molecule has 100 valence electrons. The lowest BCUT2D eigenvalue weighted by Gasteiger charge is -2.06. The fourth-order valence-corrected chi connectivity index (χ4v) is 2.00. The Kier molecular flexibility index (Phi) is 3.60. The van der Waals surface area contributed by atoms with Crippen LogP contribution in [0.25, 0.3) is 0 Å². The van der Waals surface area contributed by atoms with E-state index in [1.165, 1.54) is 0 Å². The molecule has 0 saturated carbocycles. The highest BCUT2D eigenvalue weighted by molar-refractivity contribution is 5.86. The van der Waals surface area contributed by atoms with Crippen LogP contribution in [-0.4, -0.2) is 11.1 Å². The van der Waals surface area contributed by atoms with Gasteiger partial charge in [0.05, 0.1) is 0 Å². The van der Waals surface area contributed by atoms with E-state index in [1.54, 1.807) is 13.0 Å². The minimum absolute atomic E-state index is 0.0287. The molecule has 1 N–H and O–H groups in total. The molecule has 0 atom stereocenters. The lowest BCUT2D eigenvalue weighted by molar-refractivity contribution is 0.0657. The number of furan rings is 1. The Morgan fingerprint density at radius 3 is 2.32 bits per heavy atom. The number of hydrogen-bond acceptors (Lipinski definition) is 3. The number of carbonyl (C=O) groups is 1. The predicted molar refractivity (Wildman–Crippen MR) is 70.7 cm³/mol. The van der Waals surface area contributed by atoms with Gasteiger partial charge in [-0.05, 0) is 50.1 Å². The SMILES string of the molecule is Cc1cc(C)cc(OCc2cc(C)c(C(=O)O)o2)c1. The summed E-state index contributed by atoms with van der Waals surface area (Å²) >= 11 is 0. The van der Waals surface area contributed by atoms with Gasteiger partial charge < -0.3 is 14.3 Å². The molecular formula is C15H16O4. The van der Waals surface area contributed by atoms with Gasteiger partial charge in [-0.1, -0.05) is 6.07 Å². The number of carboxylic acid groups (broad SMARTS) is 1. The van der Waals surface area contributed by atoms with E-state index in [4.69, 9.17) is 14.3 Å². The van der Waals surface area contributed by atoms with Crippen molar-refractivity contribution in [2.75, 3.05) is 0 Å². The highest BCUT2D eigenvalue weighted by Crippen LogP contribution is 2.20. The van der Waals surface area contributed by atoms with Gasteiger partial charge in [0.2, 0.25) is 5.76 Å². The summed E-state index contributed by atoms with van der Waals surface area (Å²) in [6.07, 6.45) is 0. The molecule has 2 aromatic rings. The standard InChI is InChI=1S/C15H16O4/c1-9-4-10(2)6-12(5-9)18-8-13-7-11(3)14(19-13)15(16)17/h4-7H,8H2,1-3H3,(H,16,17). The van der Waals surface area contributed by atoms with E-state index in [0.717, 1.165) is 16.9 Å². The molecule has 1 aromatic heterocycles. The van der Waals surface area contributed by atoms with Crippen LogP contribution < -0.4 is 4.74 Å². The van der Waals surface area contributed by atoms with E-state index in [-0.39, 0.29) is 12.4 Å². The second-order valence-electron chi connectivity index (χ2n) is 4.64. The maximum Gasteiger partial charge on any atom is 0.372 e. The summed E-state index contributed by atoms with van der Waals surface area (Å²) < 4.78 is 10.8. The van der Waals surface area contributed by atoms with Crippen LogP contribution in [0.15, 0.2) is 28.7 Å². The Labute approximate surface area is 111 Å². The lowest BCUT2D eigenvalue weighted by Crippen LogP contribution is -1.96. The molecule has 4 nitrogen and oxygen atoms in total. The third kappa shape index (κ3) is 3.16. The van der Waals surface area contributed by atoms with E-state index in [0.29, 0.717) is 11.3 Å². The highest BCUT2D eigenvalue weighted by atomic mass is 16.5. The maximum absolute atomic E-state index is 10.9. The minimum Gasteiger partial charge on any atom is -0.486 e. The first-order valence-corrected chi connectivity index (χ1v) is 5.99. The zero-order valence-corrected chi connectivity index (χ0v) is 11.2. The van der Waals surface area contributed by atoms with Gasteiger partial charge >= 0.3 is 5.97 Å². The van der Waals surface area contributed by atoms with Crippen molar-refractivity contribution in [2.45, 2.75) is 27.4 Å². The van der Waals surface area contributed by atoms with Crippen molar-refractivity contribution in [1.29, 1.82) is 0 Å². The Balaban J connectivity index is 2.10. The van der Waals surface area contributed by atoms with Crippen LogP contribution in [0.3, 0.4) is 0 Å². The molecule has 0 fully saturated rings. The summed E-state index contributed by atoms with van der Waals surface area (Å²) in [6, 6.07) is 7.61. The third-order valence-electron chi connectivity index (χ3n) is 2.74. The Hall–Kier alpha value is -2.23. The van der Waals surface area contributed by atoms with Gasteiger partial charge in [0.15, 0.2) is 0 Å². The van der Waals surface area contributed by atoms with Crippen molar-refractivity contribution in [3.05, 3.63) is 52.5 Å². The first-order chi connectivity index (χ1) is 8.95. The van der Waals surface area contributed by atoms with Crippen molar-refractivity contribution < 1.29 is 19.1 Å². The number of rotatable bonds is 4. The smallest absolute Gasteiger partial charge is 0.372 e. The van der Waals surface area contributed by atoms with Crippen LogP contribution in [0.1, 0.15) is 33.0 Å². The van der Waals surface area contributed by atoms with Crippen LogP contribution >= 0.6 is 0 Å². The largest absolute Gasteiger partial charge is 0.486 e. The molecule has 2 rings (SSSR count). The van der Waals surface area contributed by atoms with Crippen LogP contribution in [0.5, 0.6) is 5.75 Å². The zero-order chi connectivity index (χ0) is 14.0. The molecule has 0 radical (unpaired) electrons. The van der Waals surface area contributed by atoms with Crippen molar-refractivity contribution in [3.8, 4) is 5.75 Å². The molecule has 0 spiro atoms. The van der Waals surface area contributed by atoms with E-state index in [2.05, 4.69) is 6.07 Å². The van der Waals surface area contributed by atoms with Gasteiger partial charge in [0.1, 0.15) is 18.1 Å². The second-order valence-corrected chi connectivity index (χ2v) is 4.64. The first kappa shape index (κ1) is 13.2. The van der Waals surface area contributed by atoms with Gasteiger partial charge in [-0.25, -0.2) is 4.79 Å². The van der Waals surface area contributed by atoms with Gasteiger partial charge in [-0.15, -0.1) is 0 Å². The molecule has 0 bridgehead atoms. The molecular weight excluding hydrogens is 244 g/mol. The average molecular weight is 260 g/mol. The molecule has 0 saturated heterocycles. The summed E-state index contributed by atoms with van der Waals surface area (Å²) in [5.41, 5.74) is 2.85. The molecule has 0 aliphatic rings. The average Bonchev–Trinajstić information content (AvgIpc) is 2.67. The maximum atomic E-state index is 10.9. The number of ether oxygens (including phenoxy) is 1. The van der Waals surface area contributed by atoms with Gasteiger partial charge in [0.25, 0.3) is 0 Å². The summed E-state index contributed by atoms with van der Waals surface area (Å²) in [5, 5.41) is 8.90. The van der Waals surface area contributed by atoms with Crippen molar-refractivity contribution in [2.24, 2.45) is 0 Å². The quantitative estimate of drug-likeness (QED) is 0.914. The summed E-state index contributed by atoms with van der Waals surface area (Å²) in [7, 11) is 0. The molecule has 0 amide bonds. The Morgan fingerprint density at radius 2 is 1.79 bits per heavy atom. The Morgan fingerprint density at radius 1 is 1.16 bits per heavy atom. The van der Waals surface area contributed by atoms with E-state index in [1.807, 2.05) is 26.0 Å². The van der Waals surface area contributed by atoms with Crippen LogP contribution in [0.2, 0.25) is 0 Å². The van der Waals surface area contributed by atoms with E-state index >= 15 is 0 Å². The van der Waals surface area contributed by atoms with Crippen LogP contribution in [0, 0.1) is 20.8 Å². The lowest BCUT2D eigenvalue weighted by atomic mass is 10.1. The molecule has 0 aliphatic heterocycles. The number of benzene rings is 1. The van der Waals surface area contributed by atoms with Gasteiger partial charge in [0, 0.05) is 5.56 Å². The van der Waals surface area contributed by atoms with E-state index in [9.17, 15) is 4.79 Å². The van der Waals surface area contributed by atoms with Crippen molar-refractivity contribution in [3.63, 3.8) is 0 Å². The van der Waals surface area contributed by atoms with Gasteiger partial charge in [-0.2, -0.15) is 0 Å². The number of aryl methyl sites for hydroxylation is 3. The Bertz CT molecular complexity index is 590. The minimum atomic E-state index is -1.06. The normalized spacial score (nSPS) is 10.5. The van der Waals surface area contributed by atoms with Crippen LogP contribution in [-0.2, 0) is 6.61 Å². The first-order valence-electron chi connectivity index (χ1n) is 5.99. The second kappa shape index (κ2) is 5.18. The molecule has 0 aliphatic carbocycles. The van der Waals surface area contributed by atoms with Crippen molar-refractivity contribution >= 4 is 5.97 Å². The molecule has 1 heterocycles.